The number of rotatable bonds is 5. The Bertz CT molecular complexity index is 311. The number of quaternary nitrogens is 1. The lowest BCUT2D eigenvalue weighted by Crippen LogP contribution is -2.63. The highest BCUT2D eigenvalue weighted by Crippen LogP contribution is 2.47. The highest BCUT2D eigenvalue weighted by molar-refractivity contribution is 5.81. The van der Waals surface area contributed by atoms with Gasteiger partial charge < -0.3 is 9.59 Å². The molecule has 2 atom stereocenters. The number of carbonyl (C=O) groups is 1. The molecule has 0 aromatic carbocycles. The SMILES string of the molecule is C[N+](C)(C)CCCC1CCN2CC[C@@]12C(=O)O. The van der Waals surface area contributed by atoms with E-state index in [0.717, 1.165) is 49.8 Å². The van der Waals surface area contributed by atoms with Crippen molar-refractivity contribution in [3.8, 4) is 0 Å². The standard InChI is InChI=1S/C13H24N2O2/c1-15(2,3)10-4-5-11-6-8-14-9-7-13(11,14)12(16)17/h11H,4-10H2,1-3H3/p+1/t11?,13-/m0/s1. The molecule has 4 heteroatoms. The van der Waals surface area contributed by atoms with Gasteiger partial charge in [0.25, 0.3) is 0 Å². The molecular weight excluding hydrogens is 216 g/mol. The van der Waals surface area contributed by atoms with Gasteiger partial charge >= 0.3 is 5.97 Å². The Balaban J connectivity index is 1.91. The molecule has 0 bridgehead atoms. The molecule has 17 heavy (non-hydrogen) atoms. The Labute approximate surface area is 104 Å². The largest absolute Gasteiger partial charge is 0.480 e. The fourth-order valence-electron chi connectivity index (χ4n) is 3.45. The molecule has 2 aliphatic rings. The van der Waals surface area contributed by atoms with Gasteiger partial charge in [0.2, 0.25) is 0 Å². The van der Waals surface area contributed by atoms with Crippen molar-refractivity contribution in [1.29, 1.82) is 0 Å². The third kappa shape index (κ3) is 2.20. The zero-order chi connectivity index (χ0) is 12.7. The summed E-state index contributed by atoms with van der Waals surface area (Å²) in [6.07, 6.45) is 4.14. The monoisotopic (exact) mass is 241 g/mol. The Kier molecular flexibility index (Phi) is 3.21. The van der Waals surface area contributed by atoms with Crippen LogP contribution in [0.1, 0.15) is 25.7 Å². The molecule has 98 valence electrons. The van der Waals surface area contributed by atoms with Crippen LogP contribution in [0.5, 0.6) is 0 Å². The maximum absolute atomic E-state index is 11.5. The summed E-state index contributed by atoms with van der Waals surface area (Å²) in [7, 11) is 6.58. The number of hydrogen-bond donors (Lipinski definition) is 1. The van der Waals surface area contributed by atoms with Crippen LogP contribution in [-0.2, 0) is 4.79 Å². The van der Waals surface area contributed by atoms with E-state index in [0.29, 0.717) is 5.92 Å². The summed E-state index contributed by atoms with van der Waals surface area (Å²) in [6, 6.07) is 0. The van der Waals surface area contributed by atoms with Crippen molar-refractivity contribution >= 4 is 5.97 Å². The van der Waals surface area contributed by atoms with E-state index >= 15 is 0 Å². The lowest BCUT2D eigenvalue weighted by atomic mass is 9.75. The third-order valence-corrected chi connectivity index (χ3v) is 4.50. The molecule has 1 N–H and O–H groups in total. The fourth-order valence-corrected chi connectivity index (χ4v) is 3.45. The molecule has 2 heterocycles. The van der Waals surface area contributed by atoms with Gasteiger partial charge in [0.15, 0.2) is 0 Å². The predicted molar refractivity (Wildman–Crippen MR) is 66.8 cm³/mol. The minimum Gasteiger partial charge on any atom is -0.480 e. The van der Waals surface area contributed by atoms with Gasteiger partial charge in [-0.05, 0) is 38.1 Å². The molecule has 0 aliphatic carbocycles. The van der Waals surface area contributed by atoms with Crippen molar-refractivity contribution in [3.05, 3.63) is 0 Å². The summed E-state index contributed by atoms with van der Waals surface area (Å²) in [5, 5.41) is 9.48. The maximum Gasteiger partial charge on any atom is 0.324 e. The minimum atomic E-state index is -0.587. The first kappa shape index (κ1) is 12.8. The van der Waals surface area contributed by atoms with Crippen LogP contribution in [0, 0.1) is 5.92 Å². The highest BCUT2D eigenvalue weighted by Gasteiger charge is 2.59. The van der Waals surface area contributed by atoms with Crippen molar-refractivity contribution in [2.24, 2.45) is 5.92 Å². The molecule has 4 nitrogen and oxygen atoms in total. The predicted octanol–water partition coefficient (Wildman–Crippen LogP) is 1.02. The highest BCUT2D eigenvalue weighted by atomic mass is 16.4. The Morgan fingerprint density at radius 1 is 1.41 bits per heavy atom. The van der Waals surface area contributed by atoms with Crippen LogP contribution in [0.4, 0.5) is 0 Å². The number of carboxylic acids is 1. The van der Waals surface area contributed by atoms with Crippen LogP contribution in [0.25, 0.3) is 0 Å². The van der Waals surface area contributed by atoms with Crippen molar-refractivity contribution in [1.82, 2.24) is 4.90 Å². The number of nitrogens with zero attached hydrogens (tertiary/aromatic N) is 2. The average molecular weight is 241 g/mol. The second kappa shape index (κ2) is 4.25. The quantitative estimate of drug-likeness (QED) is 0.731. The van der Waals surface area contributed by atoms with E-state index in [1.54, 1.807) is 0 Å². The van der Waals surface area contributed by atoms with Gasteiger partial charge in [-0.3, -0.25) is 9.69 Å². The van der Waals surface area contributed by atoms with Crippen LogP contribution < -0.4 is 0 Å². The summed E-state index contributed by atoms with van der Waals surface area (Å²) in [4.78, 5) is 13.7. The van der Waals surface area contributed by atoms with E-state index in [1.165, 1.54) is 0 Å². The van der Waals surface area contributed by atoms with Gasteiger partial charge in [-0.15, -0.1) is 0 Å². The van der Waals surface area contributed by atoms with Crippen LogP contribution in [0.15, 0.2) is 0 Å². The second-order valence-corrected chi connectivity index (χ2v) is 6.61. The average Bonchev–Trinajstić information content (AvgIpc) is 2.36. The van der Waals surface area contributed by atoms with Crippen LogP contribution >= 0.6 is 0 Å². The van der Waals surface area contributed by atoms with Crippen molar-refractivity contribution in [2.45, 2.75) is 31.2 Å². The van der Waals surface area contributed by atoms with Crippen LogP contribution in [0.3, 0.4) is 0 Å². The van der Waals surface area contributed by atoms with Crippen molar-refractivity contribution in [3.63, 3.8) is 0 Å². The van der Waals surface area contributed by atoms with Gasteiger partial charge in [0, 0.05) is 6.54 Å². The van der Waals surface area contributed by atoms with Crippen LogP contribution in [0.2, 0.25) is 0 Å². The number of hydrogen-bond acceptors (Lipinski definition) is 2. The van der Waals surface area contributed by atoms with E-state index < -0.39 is 11.5 Å². The minimum absolute atomic E-state index is 0.375. The van der Waals surface area contributed by atoms with E-state index in [-0.39, 0.29) is 0 Å². The van der Waals surface area contributed by atoms with Gasteiger partial charge in [-0.25, -0.2) is 0 Å². The molecule has 0 aromatic rings. The molecule has 2 rings (SSSR count). The van der Waals surface area contributed by atoms with Crippen molar-refractivity contribution < 1.29 is 14.4 Å². The molecule has 0 aromatic heterocycles. The summed E-state index contributed by atoms with van der Waals surface area (Å²) in [5.74, 6) is -0.211. The Hall–Kier alpha value is -0.610. The normalized spacial score (nSPS) is 33.2. The molecule has 0 amide bonds. The van der Waals surface area contributed by atoms with Crippen LogP contribution in [-0.4, -0.2) is 66.8 Å². The van der Waals surface area contributed by atoms with E-state index in [2.05, 4.69) is 26.0 Å². The lowest BCUT2D eigenvalue weighted by Gasteiger charge is -2.47. The molecule has 0 spiro atoms. The van der Waals surface area contributed by atoms with Crippen molar-refractivity contribution in [2.75, 3.05) is 40.8 Å². The van der Waals surface area contributed by atoms with E-state index in [1.807, 2.05) is 0 Å². The Morgan fingerprint density at radius 2 is 2.12 bits per heavy atom. The number of fused-ring (bicyclic) bond motifs is 1. The molecule has 2 fully saturated rings. The first-order valence-corrected chi connectivity index (χ1v) is 6.65. The molecular formula is C13H25N2O2+. The molecule has 2 aliphatic heterocycles. The fraction of sp³-hybridized carbons (Fsp3) is 0.923. The second-order valence-electron chi connectivity index (χ2n) is 6.61. The first-order valence-electron chi connectivity index (χ1n) is 6.65. The molecule has 0 radical (unpaired) electrons. The summed E-state index contributed by atoms with van der Waals surface area (Å²) >= 11 is 0. The van der Waals surface area contributed by atoms with Gasteiger partial charge in [0.05, 0.1) is 27.7 Å². The van der Waals surface area contributed by atoms with Gasteiger partial charge in [-0.1, -0.05) is 0 Å². The number of carboxylic acid groups (broad SMARTS) is 1. The molecule has 2 saturated heterocycles. The zero-order valence-corrected chi connectivity index (χ0v) is 11.3. The zero-order valence-electron chi connectivity index (χ0n) is 11.3. The summed E-state index contributed by atoms with van der Waals surface area (Å²) in [5.41, 5.74) is -0.481. The number of aliphatic carboxylic acids is 1. The Morgan fingerprint density at radius 3 is 2.59 bits per heavy atom. The third-order valence-electron chi connectivity index (χ3n) is 4.50. The van der Waals surface area contributed by atoms with Gasteiger partial charge in [0.1, 0.15) is 5.54 Å². The first-order chi connectivity index (χ1) is 7.86. The summed E-state index contributed by atoms with van der Waals surface area (Å²) in [6.45, 7) is 3.10. The molecule has 1 unspecified atom stereocenters. The van der Waals surface area contributed by atoms with Gasteiger partial charge in [-0.2, -0.15) is 0 Å². The smallest absolute Gasteiger partial charge is 0.324 e. The summed E-state index contributed by atoms with van der Waals surface area (Å²) < 4.78 is 0.969. The molecule has 0 saturated carbocycles. The lowest BCUT2D eigenvalue weighted by molar-refractivity contribution is -0.870. The maximum atomic E-state index is 11.5. The van der Waals surface area contributed by atoms with E-state index in [4.69, 9.17) is 0 Å². The topological polar surface area (TPSA) is 40.5 Å². The van der Waals surface area contributed by atoms with E-state index in [9.17, 15) is 9.90 Å².